The second kappa shape index (κ2) is 4.07. The highest BCUT2D eigenvalue weighted by Crippen LogP contribution is 2.01. The van der Waals surface area contributed by atoms with Gasteiger partial charge in [-0.1, -0.05) is 13.3 Å². The van der Waals surface area contributed by atoms with E-state index < -0.39 is 5.63 Å². The fourth-order valence-corrected chi connectivity index (χ4v) is 1.09. The summed E-state index contributed by atoms with van der Waals surface area (Å²) in [4.78, 5) is 22.1. The van der Waals surface area contributed by atoms with Gasteiger partial charge in [0.1, 0.15) is 0 Å². The first-order valence-corrected chi connectivity index (χ1v) is 4.38. The molecule has 0 aromatic carbocycles. The molecule has 0 spiro atoms. The van der Waals surface area contributed by atoms with E-state index in [0.29, 0.717) is 12.1 Å². The number of aromatic nitrogens is 1. The molecule has 1 heterocycles. The molecular weight excluding hydrogens is 170 g/mol. The number of rotatable bonds is 3. The number of aryl methyl sites for hydroxylation is 1. The number of hydrogen-bond donors (Lipinski definition) is 0. The lowest BCUT2D eigenvalue weighted by atomic mass is 10.2. The van der Waals surface area contributed by atoms with Gasteiger partial charge in [0.25, 0.3) is 5.91 Å². The Morgan fingerprint density at radius 1 is 1.62 bits per heavy atom. The molecule has 1 aromatic heterocycles. The van der Waals surface area contributed by atoms with Crippen molar-refractivity contribution in [1.29, 1.82) is 0 Å². The van der Waals surface area contributed by atoms with Crippen LogP contribution in [0.5, 0.6) is 0 Å². The van der Waals surface area contributed by atoms with Gasteiger partial charge >= 0.3 is 5.63 Å². The fourth-order valence-electron chi connectivity index (χ4n) is 1.09. The van der Waals surface area contributed by atoms with Gasteiger partial charge in [-0.15, -0.1) is 4.74 Å². The third kappa shape index (κ3) is 2.31. The lowest BCUT2D eigenvalue weighted by Gasteiger charge is -1.99. The lowest BCUT2D eigenvalue weighted by Crippen LogP contribution is -2.11. The van der Waals surface area contributed by atoms with Gasteiger partial charge in [-0.2, -0.15) is 0 Å². The summed E-state index contributed by atoms with van der Waals surface area (Å²) < 4.78 is 5.75. The van der Waals surface area contributed by atoms with E-state index in [1.807, 2.05) is 6.92 Å². The summed E-state index contributed by atoms with van der Waals surface area (Å²) in [7, 11) is 0. The van der Waals surface area contributed by atoms with Crippen molar-refractivity contribution in [3.05, 3.63) is 22.2 Å². The maximum absolute atomic E-state index is 11.4. The summed E-state index contributed by atoms with van der Waals surface area (Å²) in [6.45, 7) is 3.68. The van der Waals surface area contributed by atoms with E-state index in [2.05, 4.69) is 4.52 Å². The molecule has 0 aliphatic carbocycles. The van der Waals surface area contributed by atoms with Crippen molar-refractivity contribution in [3.8, 4) is 0 Å². The van der Waals surface area contributed by atoms with E-state index >= 15 is 0 Å². The van der Waals surface area contributed by atoms with Gasteiger partial charge in [-0.25, -0.2) is 4.79 Å². The Kier molecular flexibility index (Phi) is 3.06. The maximum atomic E-state index is 11.4. The molecule has 0 saturated carbocycles. The highest BCUT2D eigenvalue weighted by atomic mass is 16.5. The summed E-state index contributed by atoms with van der Waals surface area (Å²) in [5, 5.41) is 0. The minimum Gasteiger partial charge on any atom is -0.329 e. The molecule has 0 aliphatic heterocycles. The molecule has 13 heavy (non-hydrogen) atoms. The molecule has 0 amide bonds. The monoisotopic (exact) mass is 183 g/mol. The third-order valence-electron chi connectivity index (χ3n) is 1.80. The topological polar surface area (TPSA) is 52.2 Å². The first-order valence-electron chi connectivity index (χ1n) is 4.38. The molecule has 0 aliphatic rings. The Hall–Kier alpha value is -1.32. The zero-order chi connectivity index (χ0) is 9.84. The van der Waals surface area contributed by atoms with Gasteiger partial charge in [-0.3, -0.25) is 4.79 Å². The molecule has 0 fully saturated rings. The van der Waals surface area contributed by atoms with Crippen LogP contribution in [0, 0.1) is 6.92 Å². The standard InChI is InChI=1S/C9H13NO3/c1-3-4-5-8(11)10-7(2)6-9(12)13-10/h6H,3-5H2,1-2H3. The van der Waals surface area contributed by atoms with Crippen LogP contribution in [0.2, 0.25) is 0 Å². The molecule has 1 aromatic rings. The Morgan fingerprint density at radius 2 is 2.31 bits per heavy atom. The van der Waals surface area contributed by atoms with Crippen molar-refractivity contribution in [2.24, 2.45) is 0 Å². The summed E-state index contributed by atoms with van der Waals surface area (Å²) >= 11 is 0. The number of carbonyl (C=O) groups is 1. The van der Waals surface area contributed by atoms with Gasteiger partial charge in [0.15, 0.2) is 0 Å². The number of nitrogens with zero attached hydrogens (tertiary/aromatic N) is 1. The number of carbonyl (C=O) groups excluding carboxylic acids is 1. The minimum absolute atomic E-state index is 0.151. The Bertz CT molecular complexity index is 348. The molecule has 1 rings (SSSR count). The number of unbranched alkanes of at least 4 members (excludes halogenated alkanes) is 1. The largest absolute Gasteiger partial charge is 0.358 e. The Morgan fingerprint density at radius 3 is 2.77 bits per heavy atom. The summed E-state index contributed by atoms with van der Waals surface area (Å²) in [6.07, 6.45) is 2.20. The minimum atomic E-state index is -0.470. The van der Waals surface area contributed by atoms with Crippen LogP contribution in [0.15, 0.2) is 15.4 Å². The van der Waals surface area contributed by atoms with Crippen molar-refractivity contribution >= 4 is 5.91 Å². The summed E-state index contributed by atoms with van der Waals surface area (Å²) in [5.41, 5.74) is 0.0912. The van der Waals surface area contributed by atoms with Crippen LogP contribution in [0.3, 0.4) is 0 Å². The van der Waals surface area contributed by atoms with E-state index in [1.54, 1.807) is 6.92 Å². The van der Waals surface area contributed by atoms with Crippen LogP contribution in [-0.2, 0) is 0 Å². The first-order chi connectivity index (χ1) is 6.15. The highest BCUT2D eigenvalue weighted by molar-refractivity contribution is 5.77. The van der Waals surface area contributed by atoms with Crippen molar-refractivity contribution in [2.75, 3.05) is 0 Å². The van der Waals surface area contributed by atoms with Gasteiger partial charge < -0.3 is 4.52 Å². The lowest BCUT2D eigenvalue weighted by molar-refractivity contribution is 0.0767. The van der Waals surface area contributed by atoms with Crippen LogP contribution in [-0.4, -0.2) is 10.6 Å². The molecule has 0 bridgehead atoms. The zero-order valence-electron chi connectivity index (χ0n) is 7.87. The van der Waals surface area contributed by atoms with E-state index in [1.165, 1.54) is 6.07 Å². The highest BCUT2D eigenvalue weighted by Gasteiger charge is 2.09. The first kappa shape index (κ1) is 9.77. The predicted octanol–water partition coefficient (Wildman–Crippen LogP) is 1.58. The van der Waals surface area contributed by atoms with Crippen molar-refractivity contribution in [3.63, 3.8) is 0 Å². The Labute approximate surface area is 76.1 Å². The molecule has 0 unspecified atom stereocenters. The quantitative estimate of drug-likeness (QED) is 0.714. The van der Waals surface area contributed by atoms with Gasteiger partial charge in [0.05, 0.1) is 5.69 Å². The molecule has 0 radical (unpaired) electrons. The van der Waals surface area contributed by atoms with Crippen molar-refractivity contribution in [1.82, 2.24) is 4.74 Å². The zero-order valence-corrected chi connectivity index (χ0v) is 7.87. The van der Waals surface area contributed by atoms with E-state index in [9.17, 15) is 9.59 Å². The predicted molar refractivity (Wildman–Crippen MR) is 47.9 cm³/mol. The maximum Gasteiger partial charge on any atom is 0.358 e. The second-order valence-corrected chi connectivity index (χ2v) is 2.99. The second-order valence-electron chi connectivity index (χ2n) is 2.99. The molecule has 0 saturated heterocycles. The van der Waals surface area contributed by atoms with E-state index in [-0.39, 0.29) is 5.91 Å². The number of hydrogen-bond acceptors (Lipinski definition) is 3. The third-order valence-corrected chi connectivity index (χ3v) is 1.80. The molecule has 0 N–H and O–H groups in total. The van der Waals surface area contributed by atoms with Gasteiger partial charge in [0.2, 0.25) is 0 Å². The average molecular weight is 183 g/mol. The molecular formula is C9H13NO3. The fraction of sp³-hybridized carbons (Fsp3) is 0.556. The van der Waals surface area contributed by atoms with Gasteiger partial charge in [-0.05, 0) is 13.3 Å². The van der Waals surface area contributed by atoms with Crippen LogP contribution in [0.25, 0.3) is 0 Å². The molecule has 4 heteroatoms. The molecule has 0 atom stereocenters. The smallest absolute Gasteiger partial charge is 0.329 e. The molecule has 72 valence electrons. The summed E-state index contributed by atoms with van der Waals surface area (Å²) in [6, 6.07) is 1.31. The Balaban J connectivity index is 2.76. The average Bonchev–Trinajstić information content (AvgIpc) is 2.41. The van der Waals surface area contributed by atoms with E-state index in [4.69, 9.17) is 0 Å². The summed E-state index contributed by atoms with van der Waals surface area (Å²) in [5.74, 6) is -0.151. The van der Waals surface area contributed by atoms with Crippen LogP contribution in [0.1, 0.15) is 36.7 Å². The molecule has 4 nitrogen and oxygen atoms in total. The van der Waals surface area contributed by atoms with Crippen LogP contribution < -0.4 is 5.63 Å². The normalized spacial score (nSPS) is 10.3. The SMILES string of the molecule is CCCCC(=O)n1oc(=O)cc1C. The van der Waals surface area contributed by atoms with Gasteiger partial charge in [0, 0.05) is 12.5 Å². The van der Waals surface area contributed by atoms with Crippen LogP contribution >= 0.6 is 0 Å². The van der Waals surface area contributed by atoms with E-state index in [0.717, 1.165) is 17.6 Å². The van der Waals surface area contributed by atoms with Crippen LogP contribution in [0.4, 0.5) is 0 Å². The van der Waals surface area contributed by atoms with Crippen molar-refractivity contribution in [2.45, 2.75) is 33.1 Å². The van der Waals surface area contributed by atoms with Crippen molar-refractivity contribution < 1.29 is 9.32 Å².